The molecule has 2 heterocycles. The number of nitrogens with zero attached hydrogens (tertiary/aromatic N) is 3. The average molecular weight is 339 g/mol. The van der Waals surface area contributed by atoms with Gasteiger partial charge in [-0.25, -0.2) is 0 Å². The molecule has 2 aromatic carbocycles. The number of thiazole rings is 1. The molecule has 5 nitrogen and oxygen atoms in total. The first-order chi connectivity index (χ1) is 11.7. The van der Waals surface area contributed by atoms with E-state index in [1.807, 2.05) is 44.3 Å². The molecule has 0 saturated heterocycles. The minimum atomic E-state index is 0.295. The first kappa shape index (κ1) is 15.0. The minimum absolute atomic E-state index is 0.295. The molecule has 0 fully saturated rings. The lowest BCUT2D eigenvalue weighted by atomic mass is 10.1. The van der Waals surface area contributed by atoms with Crippen molar-refractivity contribution in [3.8, 4) is 11.5 Å². The molecule has 4 rings (SSSR count). The van der Waals surface area contributed by atoms with Crippen LogP contribution in [0.15, 0.2) is 52.7 Å². The van der Waals surface area contributed by atoms with Crippen LogP contribution in [0.25, 0.3) is 10.2 Å². The van der Waals surface area contributed by atoms with Gasteiger partial charge < -0.3 is 14.0 Å². The number of aryl methyl sites for hydroxylation is 1. The summed E-state index contributed by atoms with van der Waals surface area (Å²) in [5.74, 6) is 1.60. The van der Waals surface area contributed by atoms with Crippen molar-refractivity contribution < 1.29 is 9.47 Å². The van der Waals surface area contributed by atoms with E-state index in [-0.39, 0.29) is 0 Å². The molecule has 1 aliphatic rings. The molecule has 6 heteroatoms. The Balaban J connectivity index is 1.59. The van der Waals surface area contributed by atoms with Gasteiger partial charge in [-0.15, -0.1) is 5.10 Å². The molecule has 0 N–H and O–H groups in total. The highest BCUT2D eigenvalue weighted by molar-refractivity contribution is 7.16. The molecular formula is C18H17N3O2S. The number of fused-ring (bicyclic) bond motifs is 2. The monoisotopic (exact) mass is 339 g/mol. The van der Waals surface area contributed by atoms with Crippen LogP contribution < -0.4 is 14.3 Å². The van der Waals surface area contributed by atoms with Crippen molar-refractivity contribution >= 4 is 27.3 Å². The van der Waals surface area contributed by atoms with Crippen molar-refractivity contribution in [1.29, 1.82) is 0 Å². The number of hydrogen-bond acceptors (Lipinski definition) is 5. The number of ether oxygens (including phenoxy) is 2. The Hall–Kier alpha value is -2.60. The number of benzene rings is 2. The van der Waals surface area contributed by atoms with E-state index in [4.69, 9.17) is 9.47 Å². The summed E-state index contributed by atoms with van der Waals surface area (Å²) in [4.78, 5) is 0.890. The smallest absolute Gasteiger partial charge is 0.231 e. The van der Waals surface area contributed by atoms with E-state index < -0.39 is 0 Å². The fraction of sp³-hybridized carbons (Fsp3) is 0.222. The Bertz CT molecular complexity index is 1000. The fourth-order valence-electron chi connectivity index (χ4n) is 2.69. The molecule has 0 amide bonds. The Morgan fingerprint density at radius 1 is 1.17 bits per heavy atom. The lowest BCUT2D eigenvalue weighted by molar-refractivity contribution is 0.174. The van der Waals surface area contributed by atoms with Crippen LogP contribution in [0, 0.1) is 0 Å². The molecule has 0 aliphatic carbocycles. The van der Waals surface area contributed by atoms with Crippen LogP contribution in [0.2, 0.25) is 0 Å². The molecule has 3 aromatic rings. The van der Waals surface area contributed by atoms with Gasteiger partial charge in [0.1, 0.15) is 0 Å². The van der Waals surface area contributed by atoms with Crippen LogP contribution in [0.1, 0.15) is 12.5 Å². The van der Waals surface area contributed by atoms with Crippen molar-refractivity contribution in [1.82, 2.24) is 4.57 Å². The molecule has 1 aromatic heterocycles. The predicted molar refractivity (Wildman–Crippen MR) is 95.7 cm³/mol. The summed E-state index contributed by atoms with van der Waals surface area (Å²) in [7, 11) is 2.01. The van der Waals surface area contributed by atoms with Gasteiger partial charge in [0.15, 0.2) is 11.5 Å². The molecule has 24 heavy (non-hydrogen) atoms. The van der Waals surface area contributed by atoms with Crippen molar-refractivity contribution in [2.24, 2.45) is 17.3 Å². The van der Waals surface area contributed by atoms with E-state index in [1.165, 1.54) is 10.2 Å². The average Bonchev–Trinajstić information content (AvgIpc) is 3.17. The topological polar surface area (TPSA) is 48.1 Å². The van der Waals surface area contributed by atoms with E-state index in [1.54, 1.807) is 11.3 Å². The maximum absolute atomic E-state index is 5.41. The van der Waals surface area contributed by atoms with Crippen LogP contribution in [-0.2, 0) is 13.5 Å². The zero-order chi connectivity index (χ0) is 16.5. The van der Waals surface area contributed by atoms with Crippen LogP contribution in [0.3, 0.4) is 0 Å². The zero-order valence-electron chi connectivity index (χ0n) is 13.5. The lowest BCUT2D eigenvalue weighted by Crippen LogP contribution is -2.09. The summed E-state index contributed by atoms with van der Waals surface area (Å²) >= 11 is 1.64. The van der Waals surface area contributed by atoms with Gasteiger partial charge in [0.2, 0.25) is 11.6 Å². The van der Waals surface area contributed by atoms with E-state index in [2.05, 4.69) is 26.9 Å². The maximum atomic E-state index is 5.41. The largest absolute Gasteiger partial charge is 0.454 e. The number of rotatable bonds is 3. The molecule has 1 aliphatic heterocycles. The van der Waals surface area contributed by atoms with E-state index in [0.29, 0.717) is 6.79 Å². The first-order valence-corrected chi connectivity index (χ1v) is 8.52. The Morgan fingerprint density at radius 3 is 2.88 bits per heavy atom. The Morgan fingerprint density at radius 2 is 2.00 bits per heavy atom. The number of aromatic nitrogens is 1. The normalized spacial score (nSPS) is 14.6. The van der Waals surface area contributed by atoms with Crippen molar-refractivity contribution in [3.63, 3.8) is 0 Å². The van der Waals surface area contributed by atoms with Crippen LogP contribution in [-0.4, -0.2) is 17.1 Å². The highest BCUT2D eigenvalue weighted by atomic mass is 32.1. The van der Waals surface area contributed by atoms with Crippen LogP contribution in [0.5, 0.6) is 11.5 Å². The molecule has 0 bridgehead atoms. The first-order valence-electron chi connectivity index (χ1n) is 7.71. The molecule has 0 radical (unpaired) electrons. The van der Waals surface area contributed by atoms with Crippen LogP contribution in [0.4, 0.5) is 0 Å². The molecular weight excluding hydrogens is 322 g/mol. The van der Waals surface area contributed by atoms with E-state index in [0.717, 1.165) is 34.0 Å². The summed E-state index contributed by atoms with van der Waals surface area (Å²) in [5, 5.41) is 8.82. The standard InChI is InChI=1S/C18H17N3O2S/c1-12(9-13-7-8-15-16(10-13)23-11-22-15)19-20-18-21(2)14-5-3-4-6-17(14)24-18/h3-8,10H,9,11H2,1-2H3/b19-12+,20-18+. The van der Waals surface area contributed by atoms with Gasteiger partial charge in [0.05, 0.1) is 10.2 Å². The zero-order valence-corrected chi connectivity index (χ0v) is 14.3. The maximum Gasteiger partial charge on any atom is 0.231 e. The minimum Gasteiger partial charge on any atom is -0.454 e. The van der Waals surface area contributed by atoms with E-state index >= 15 is 0 Å². The number of para-hydroxylation sites is 1. The SMILES string of the molecule is C/C(Cc1ccc2c(c1)OCO2)=N\N=c1\sc2ccccc2n1C. The van der Waals surface area contributed by atoms with Gasteiger partial charge in [-0.2, -0.15) is 5.10 Å². The number of hydrogen-bond donors (Lipinski definition) is 0. The molecule has 0 saturated carbocycles. The van der Waals surface area contributed by atoms with Gasteiger partial charge in [-0.1, -0.05) is 29.5 Å². The molecule has 0 atom stereocenters. The van der Waals surface area contributed by atoms with Gasteiger partial charge in [0, 0.05) is 19.2 Å². The molecule has 0 spiro atoms. The third-order valence-corrected chi connectivity index (χ3v) is 5.02. The van der Waals surface area contributed by atoms with Gasteiger partial charge in [-0.05, 0) is 36.8 Å². The summed E-state index contributed by atoms with van der Waals surface area (Å²) in [6.45, 7) is 2.28. The summed E-state index contributed by atoms with van der Waals surface area (Å²) in [6, 6.07) is 14.2. The second kappa shape index (κ2) is 6.13. The third-order valence-electron chi connectivity index (χ3n) is 3.92. The summed E-state index contributed by atoms with van der Waals surface area (Å²) < 4.78 is 14.0. The Kier molecular flexibility index (Phi) is 3.82. The van der Waals surface area contributed by atoms with Gasteiger partial charge >= 0.3 is 0 Å². The quantitative estimate of drug-likeness (QED) is 0.542. The van der Waals surface area contributed by atoms with Gasteiger partial charge in [0.25, 0.3) is 0 Å². The van der Waals surface area contributed by atoms with Crippen LogP contribution >= 0.6 is 11.3 Å². The second-order valence-corrected chi connectivity index (χ2v) is 6.72. The van der Waals surface area contributed by atoms with Gasteiger partial charge in [-0.3, -0.25) is 0 Å². The molecule has 122 valence electrons. The summed E-state index contributed by atoms with van der Waals surface area (Å²) in [6.07, 6.45) is 0.731. The van der Waals surface area contributed by atoms with E-state index in [9.17, 15) is 0 Å². The fourth-order valence-corrected chi connectivity index (χ4v) is 3.66. The summed E-state index contributed by atoms with van der Waals surface area (Å²) in [5.41, 5.74) is 3.26. The highest BCUT2D eigenvalue weighted by Crippen LogP contribution is 2.32. The lowest BCUT2D eigenvalue weighted by Gasteiger charge is -2.01. The predicted octanol–water partition coefficient (Wildman–Crippen LogP) is 3.49. The third kappa shape index (κ3) is 2.80. The van der Waals surface area contributed by atoms with Crippen molar-refractivity contribution in [2.45, 2.75) is 13.3 Å². The highest BCUT2D eigenvalue weighted by Gasteiger charge is 2.13. The Labute approximate surface area is 143 Å². The second-order valence-electron chi connectivity index (χ2n) is 5.71. The van der Waals surface area contributed by atoms with Crippen molar-refractivity contribution in [3.05, 3.63) is 52.8 Å². The van der Waals surface area contributed by atoms with Crippen molar-refractivity contribution in [2.75, 3.05) is 6.79 Å². The molecule has 0 unspecified atom stereocenters.